The molecule has 1 unspecified atom stereocenters. The minimum absolute atomic E-state index is 0.0168. The lowest BCUT2D eigenvalue weighted by atomic mass is 10.1. The second-order valence-corrected chi connectivity index (χ2v) is 4.77. The Morgan fingerprint density at radius 3 is 2.77 bits per heavy atom. The number of pyridine rings is 1. The Morgan fingerprint density at radius 2 is 2.14 bits per heavy atom. The van der Waals surface area contributed by atoms with Crippen molar-refractivity contribution < 1.29 is 27.5 Å². The van der Waals surface area contributed by atoms with Crippen molar-refractivity contribution in [1.82, 2.24) is 9.88 Å². The quantitative estimate of drug-likeness (QED) is 0.872. The molecular weight excluding hydrogens is 303 g/mol. The Hall–Kier alpha value is -2.16. The number of halogens is 3. The Bertz CT molecular complexity index is 577. The van der Waals surface area contributed by atoms with Crippen molar-refractivity contribution >= 4 is 11.8 Å². The summed E-state index contributed by atoms with van der Waals surface area (Å²) in [5, 5.41) is 0. The molecule has 2 N–H and O–H groups in total. The molecule has 2 amide bonds. The van der Waals surface area contributed by atoms with E-state index in [9.17, 15) is 22.8 Å². The highest BCUT2D eigenvalue weighted by atomic mass is 19.4. The molecule has 2 rings (SSSR count). The first kappa shape index (κ1) is 16.2. The molecule has 1 aliphatic rings. The van der Waals surface area contributed by atoms with E-state index in [1.165, 1.54) is 17.0 Å². The molecule has 6 nitrogen and oxygen atoms in total. The molecule has 0 saturated carbocycles. The molecule has 1 aromatic rings. The van der Waals surface area contributed by atoms with Crippen LogP contribution in [0.2, 0.25) is 0 Å². The SMILES string of the molecule is NC(=O)C1COCCN1C(=O)Cc1cccc(C(F)(F)F)n1. The number of carbonyl (C=O) groups is 2. The third-order valence-corrected chi connectivity index (χ3v) is 3.21. The number of nitrogens with zero attached hydrogens (tertiary/aromatic N) is 2. The zero-order valence-corrected chi connectivity index (χ0v) is 11.5. The van der Waals surface area contributed by atoms with E-state index < -0.39 is 29.7 Å². The first-order valence-corrected chi connectivity index (χ1v) is 6.48. The lowest BCUT2D eigenvalue weighted by Gasteiger charge is -2.33. The summed E-state index contributed by atoms with van der Waals surface area (Å²) >= 11 is 0. The fraction of sp³-hybridized carbons (Fsp3) is 0.462. The van der Waals surface area contributed by atoms with Gasteiger partial charge in [-0.25, -0.2) is 4.98 Å². The van der Waals surface area contributed by atoms with Crippen LogP contribution < -0.4 is 5.73 Å². The predicted molar refractivity (Wildman–Crippen MR) is 68.5 cm³/mol. The van der Waals surface area contributed by atoms with Gasteiger partial charge < -0.3 is 15.4 Å². The summed E-state index contributed by atoms with van der Waals surface area (Å²) < 4.78 is 42.9. The van der Waals surface area contributed by atoms with Crippen LogP contribution in [-0.2, 0) is 26.9 Å². The summed E-state index contributed by atoms with van der Waals surface area (Å²) in [5.74, 6) is -1.23. The van der Waals surface area contributed by atoms with Crippen LogP contribution in [0.15, 0.2) is 18.2 Å². The summed E-state index contributed by atoms with van der Waals surface area (Å²) in [6.07, 6.45) is -4.92. The molecule has 1 atom stereocenters. The van der Waals surface area contributed by atoms with Crippen LogP contribution in [0.1, 0.15) is 11.4 Å². The van der Waals surface area contributed by atoms with Crippen molar-refractivity contribution in [2.45, 2.75) is 18.6 Å². The van der Waals surface area contributed by atoms with E-state index in [1.807, 2.05) is 0 Å². The second kappa shape index (κ2) is 6.30. The molecule has 2 heterocycles. The van der Waals surface area contributed by atoms with Gasteiger partial charge in [0.05, 0.1) is 25.3 Å². The van der Waals surface area contributed by atoms with Gasteiger partial charge in [0.15, 0.2) is 0 Å². The lowest BCUT2D eigenvalue weighted by molar-refractivity contribution is -0.146. The summed E-state index contributed by atoms with van der Waals surface area (Å²) in [4.78, 5) is 28.1. The smallest absolute Gasteiger partial charge is 0.377 e. The maximum absolute atomic E-state index is 12.6. The van der Waals surface area contributed by atoms with Crippen LogP contribution in [0.3, 0.4) is 0 Å². The van der Waals surface area contributed by atoms with Gasteiger partial charge in [0.25, 0.3) is 0 Å². The van der Waals surface area contributed by atoms with E-state index in [4.69, 9.17) is 10.5 Å². The Morgan fingerprint density at radius 1 is 1.41 bits per heavy atom. The number of alkyl halides is 3. The van der Waals surface area contributed by atoms with Gasteiger partial charge in [-0.15, -0.1) is 0 Å². The van der Waals surface area contributed by atoms with Gasteiger partial charge in [-0.3, -0.25) is 9.59 Å². The standard InChI is InChI=1S/C13H14F3N3O3/c14-13(15,16)10-3-1-2-8(18-10)6-11(20)19-4-5-22-7-9(19)12(17)21/h1-3,9H,4-7H2,(H2,17,21). The van der Waals surface area contributed by atoms with E-state index in [0.29, 0.717) is 0 Å². The van der Waals surface area contributed by atoms with Crippen molar-refractivity contribution in [3.63, 3.8) is 0 Å². The number of ether oxygens (including phenoxy) is 1. The minimum Gasteiger partial charge on any atom is -0.377 e. The molecule has 1 saturated heterocycles. The molecule has 0 spiro atoms. The Labute approximate surface area is 124 Å². The zero-order chi connectivity index (χ0) is 16.3. The van der Waals surface area contributed by atoms with Crippen LogP contribution in [-0.4, -0.2) is 47.5 Å². The number of amides is 2. The van der Waals surface area contributed by atoms with E-state index in [1.54, 1.807) is 0 Å². The molecule has 1 aromatic heterocycles. The fourth-order valence-electron chi connectivity index (χ4n) is 2.13. The number of nitrogens with two attached hydrogens (primary N) is 1. The monoisotopic (exact) mass is 317 g/mol. The highest BCUT2D eigenvalue weighted by Crippen LogP contribution is 2.27. The van der Waals surface area contributed by atoms with Crippen LogP contribution in [0, 0.1) is 0 Å². The number of carbonyl (C=O) groups excluding carboxylic acids is 2. The minimum atomic E-state index is -4.58. The van der Waals surface area contributed by atoms with E-state index in [-0.39, 0.29) is 31.9 Å². The Kier molecular flexibility index (Phi) is 4.65. The van der Waals surface area contributed by atoms with Crippen LogP contribution >= 0.6 is 0 Å². The molecule has 1 aliphatic heterocycles. The molecule has 0 aromatic carbocycles. The first-order chi connectivity index (χ1) is 10.3. The van der Waals surface area contributed by atoms with Crippen molar-refractivity contribution in [3.8, 4) is 0 Å². The number of hydrogen-bond acceptors (Lipinski definition) is 4. The summed E-state index contributed by atoms with van der Waals surface area (Å²) in [5.41, 5.74) is 4.11. The Balaban J connectivity index is 2.12. The van der Waals surface area contributed by atoms with Gasteiger partial charge in [-0.2, -0.15) is 13.2 Å². The van der Waals surface area contributed by atoms with Crippen molar-refractivity contribution in [2.24, 2.45) is 5.73 Å². The van der Waals surface area contributed by atoms with Gasteiger partial charge in [0.2, 0.25) is 11.8 Å². The maximum atomic E-state index is 12.6. The normalized spacial score (nSPS) is 19.0. The third-order valence-electron chi connectivity index (χ3n) is 3.21. The largest absolute Gasteiger partial charge is 0.433 e. The van der Waals surface area contributed by atoms with Crippen LogP contribution in [0.5, 0.6) is 0 Å². The van der Waals surface area contributed by atoms with E-state index >= 15 is 0 Å². The third kappa shape index (κ3) is 3.73. The molecule has 1 fully saturated rings. The van der Waals surface area contributed by atoms with Gasteiger partial charge in [-0.1, -0.05) is 6.07 Å². The van der Waals surface area contributed by atoms with Crippen LogP contribution in [0.25, 0.3) is 0 Å². The van der Waals surface area contributed by atoms with Gasteiger partial charge >= 0.3 is 6.18 Å². The highest BCUT2D eigenvalue weighted by molar-refractivity contribution is 5.87. The molecule has 9 heteroatoms. The number of hydrogen-bond donors (Lipinski definition) is 1. The fourth-order valence-corrected chi connectivity index (χ4v) is 2.13. The molecule has 22 heavy (non-hydrogen) atoms. The summed E-state index contributed by atoms with van der Waals surface area (Å²) in [6.45, 7) is 0.383. The van der Waals surface area contributed by atoms with Crippen molar-refractivity contribution in [3.05, 3.63) is 29.6 Å². The second-order valence-electron chi connectivity index (χ2n) is 4.77. The molecule has 0 radical (unpaired) electrons. The lowest BCUT2D eigenvalue weighted by Crippen LogP contribution is -2.55. The molecular formula is C13H14F3N3O3. The van der Waals surface area contributed by atoms with Gasteiger partial charge in [0.1, 0.15) is 11.7 Å². The van der Waals surface area contributed by atoms with E-state index in [0.717, 1.165) is 6.07 Å². The van der Waals surface area contributed by atoms with Gasteiger partial charge in [-0.05, 0) is 12.1 Å². The number of morpholine rings is 1. The van der Waals surface area contributed by atoms with Crippen LogP contribution in [0.4, 0.5) is 13.2 Å². The van der Waals surface area contributed by atoms with Crippen molar-refractivity contribution in [1.29, 1.82) is 0 Å². The zero-order valence-electron chi connectivity index (χ0n) is 11.5. The maximum Gasteiger partial charge on any atom is 0.433 e. The average molecular weight is 317 g/mol. The van der Waals surface area contributed by atoms with Gasteiger partial charge in [0, 0.05) is 6.54 Å². The first-order valence-electron chi connectivity index (χ1n) is 6.48. The molecule has 0 bridgehead atoms. The number of rotatable bonds is 3. The van der Waals surface area contributed by atoms with E-state index in [2.05, 4.69) is 4.98 Å². The average Bonchev–Trinajstić information content (AvgIpc) is 2.46. The number of aromatic nitrogens is 1. The topological polar surface area (TPSA) is 85.5 Å². The highest BCUT2D eigenvalue weighted by Gasteiger charge is 2.34. The number of primary amides is 1. The molecule has 0 aliphatic carbocycles. The summed E-state index contributed by atoms with van der Waals surface area (Å²) in [7, 11) is 0. The van der Waals surface area contributed by atoms with Crippen molar-refractivity contribution in [2.75, 3.05) is 19.8 Å². The molecule has 120 valence electrons. The summed E-state index contributed by atoms with van der Waals surface area (Å²) in [6, 6.07) is 2.43. The predicted octanol–water partition coefficient (Wildman–Crippen LogP) is 0.356.